The maximum atomic E-state index is 13.8. The van der Waals surface area contributed by atoms with E-state index in [1.165, 1.54) is 0 Å². The molecule has 1 spiro atoms. The number of rotatable bonds is 3. The van der Waals surface area contributed by atoms with Crippen LogP contribution < -0.4 is 10.5 Å². The molecule has 0 N–H and O–H groups in total. The summed E-state index contributed by atoms with van der Waals surface area (Å²) in [5.74, 6) is -0.293. The highest BCUT2D eigenvalue weighted by Gasteiger charge is 2.53. The predicted octanol–water partition coefficient (Wildman–Crippen LogP) is 3.60. The van der Waals surface area contributed by atoms with E-state index in [1.54, 1.807) is 15.7 Å². The Labute approximate surface area is 182 Å². The van der Waals surface area contributed by atoms with Gasteiger partial charge in [0.2, 0.25) is 0 Å². The van der Waals surface area contributed by atoms with E-state index in [1.807, 2.05) is 49.1 Å². The monoisotopic (exact) mass is 419 g/mol. The Morgan fingerprint density at radius 3 is 2.32 bits per heavy atom. The molecule has 3 heterocycles. The zero-order valence-corrected chi connectivity index (χ0v) is 18.3. The molecule has 31 heavy (non-hydrogen) atoms. The summed E-state index contributed by atoms with van der Waals surface area (Å²) in [6.45, 7) is 5.02. The van der Waals surface area contributed by atoms with Crippen molar-refractivity contribution in [2.24, 2.45) is 0 Å². The van der Waals surface area contributed by atoms with Crippen LogP contribution in [0, 0.1) is 13.8 Å². The molecule has 2 aromatic rings. The van der Waals surface area contributed by atoms with Gasteiger partial charge in [-0.1, -0.05) is 17.7 Å². The van der Waals surface area contributed by atoms with Crippen LogP contribution in [0.15, 0.2) is 41.3 Å². The van der Waals surface area contributed by atoms with Crippen molar-refractivity contribution < 1.29 is 9.59 Å². The summed E-state index contributed by atoms with van der Waals surface area (Å²) in [5.41, 5.74) is 1.88. The largest absolute Gasteiger partial charge is 0.324 e. The fourth-order valence-corrected chi connectivity index (χ4v) is 5.29. The zero-order valence-electron chi connectivity index (χ0n) is 18.3. The standard InChI is InChI=1S/C25H29N3O3/c1-17-5-7-20(8-6-17)27-14-3-12-25(24(27)31)13-4-15-28(25)23(30)21-18(2)11-16-26(22(21)29)19-9-10-19/h5-8,11,16,19H,3-4,9-10,12-15H2,1-2H3. The number of aromatic nitrogens is 1. The molecule has 0 radical (unpaired) electrons. The van der Waals surface area contributed by atoms with Gasteiger partial charge in [0.05, 0.1) is 0 Å². The molecular weight excluding hydrogens is 390 g/mol. The van der Waals surface area contributed by atoms with Gasteiger partial charge < -0.3 is 14.4 Å². The molecular formula is C25H29N3O3. The molecule has 3 aliphatic rings. The molecule has 2 aliphatic heterocycles. The van der Waals surface area contributed by atoms with Crippen LogP contribution in [0.1, 0.15) is 66.1 Å². The summed E-state index contributed by atoms with van der Waals surface area (Å²) in [6.07, 6.45) is 6.69. The van der Waals surface area contributed by atoms with Crippen molar-refractivity contribution in [3.63, 3.8) is 0 Å². The lowest BCUT2D eigenvalue weighted by atomic mass is 9.84. The fraction of sp³-hybridized carbons (Fsp3) is 0.480. The second-order valence-electron chi connectivity index (χ2n) is 9.31. The van der Waals surface area contributed by atoms with E-state index in [0.717, 1.165) is 36.9 Å². The lowest BCUT2D eigenvalue weighted by Gasteiger charge is -2.44. The van der Waals surface area contributed by atoms with Crippen molar-refractivity contribution in [2.75, 3.05) is 18.0 Å². The number of pyridine rings is 1. The van der Waals surface area contributed by atoms with Crippen LogP contribution >= 0.6 is 0 Å². The maximum Gasteiger partial charge on any atom is 0.263 e. The van der Waals surface area contributed by atoms with E-state index in [9.17, 15) is 14.4 Å². The Hall–Kier alpha value is -2.89. The van der Waals surface area contributed by atoms with Crippen LogP contribution in [-0.4, -0.2) is 39.9 Å². The third-order valence-corrected chi connectivity index (χ3v) is 7.18. The number of hydrogen-bond donors (Lipinski definition) is 0. The Bertz CT molecular complexity index is 1100. The van der Waals surface area contributed by atoms with Crippen molar-refractivity contribution in [3.05, 3.63) is 63.6 Å². The minimum atomic E-state index is -0.848. The van der Waals surface area contributed by atoms with Gasteiger partial charge in [0.25, 0.3) is 17.4 Å². The molecule has 1 aromatic heterocycles. The van der Waals surface area contributed by atoms with Gasteiger partial charge in [0.1, 0.15) is 11.1 Å². The average molecular weight is 420 g/mol. The summed E-state index contributed by atoms with van der Waals surface area (Å²) < 4.78 is 1.70. The van der Waals surface area contributed by atoms with Crippen LogP contribution in [0.25, 0.3) is 0 Å². The van der Waals surface area contributed by atoms with Crippen molar-refractivity contribution >= 4 is 17.5 Å². The van der Waals surface area contributed by atoms with Crippen LogP contribution in [0.2, 0.25) is 0 Å². The fourth-order valence-electron chi connectivity index (χ4n) is 5.29. The van der Waals surface area contributed by atoms with E-state index in [-0.39, 0.29) is 29.0 Å². The van der Waals surface area contributed by atoms with Crippen LogP contribution in [0.4, 0.5) is 5.69 Å². The molecule has 6 nitrogen and oxygen atoms in total. The smallest absolute Gasteiger partial charge is 0.263 e. The van der Waals surface area contributed by atoms with E-state index < -0.39 is 5.54 Å². The normalized spacial score (nSPS) is 23.6. The Kier molecular flexibility index (Phi) is 4.76. The van der Waals surface area contributed by atoms with Gasteiger partial charge in [0, 0.05) is 31.0 Å². The molecule has 2 saturated heterocycles. The second-order valence-corrected chi connectivity index (χ2v) is 9.31. The Morgan fingerprint density at radius 2 is 1.65 bits per heavy atom. The van der Waals surface area contributed by atoms with Crippen molar-refractivity contribution in [1.82, 2.24) is 9.47 Å². The summed E-state index contributed by atoms with van der Waals surface area (Å²) in [7, 11) is 0. The van der Waals surface area contributed by atoms with Crippen LogP contribution in [0.3, 0.4) is 0 Å². The molecule has 6 heteroatoms. The number of carbonyl (C=O) groups is 2. The number of benzene rings is 1. The average Bonchev–Trinajstić information content (AvgIpc) is 3.50. The molecule has 0 bridgehead atoms. The first-order valence-corrected chi connectivity index (χ1v) is 11.3. The minimum Gasteiger partial charge on any atom is -0.324 e. The third kappa shape index (κ3) is 3.20. The quantitative estimate of drug-likeness (QED) is 0.764. The topological polar surface area (TPSA) is 62.6 Å². The number of aryl methyl sites for hydroxylation is 2. The van der Waals surface area contributed by atoms with Crippen LogP contribution in [0.5, 0.6) is 0 Å². The van der Waals surface area contributed by atoms with Crippen LogP contribution in [-0.2, 0) is 4.79 Å². The van der Waals surface area contributed by atoms with Gasteiger partial charge in [-0.05, 0) is 76.1 Å². The van der Waals surface area contributed by atoms with E-state index in [4.69, 9.17) is 0 Å². The lowest BCUT2D eigenvalue weighted by molar-refractivity contribution is -0.130. The highest BCUT2D eigenvalue weighted by atomic mass is 16.2. The summed E-state index contributed by atoms with van der Waals surface area (Å²) in [5, 5.41) is 0. The molecule has 1 atom stereocenters. The van der Waals surface area contributed by atoms with Gasteiger partial charge in [-0.3, -0.25) is 14.4 Å². The Morgan fingerprint density at radius 1 is 0.968 bits per heavy atom. The number of nitrogens with zero attached hydrogens (tertiary/aromatic N) is 3. The van der Waals surface area contributed by atoms with Crippen molar-refractivity contribution in [3.8, 4) is 0 Å². The lowest BCUT2D eigenvalue weighted by Crippen LogP contribution is -2.62. The number of likely N-dealkylation sites (tertiary alicyclic amines) is 1. The second kappa shape index (κ2) is 7.36. The first-order chi connectivity index (χ1) is 14.9. The van der Waals surface area contributed by atoms with Gasteiger partial charge in [0.15, 0.2) is 0 Å². The molecule has 3 fully saturated rings. The van der Waals surface area contributed by atoms with Gasteiger partial charge in [-0.25, -0.2) is 0 Å². The number of amides is 2. The van der Waals surface area contributed by atoms with Crippen molar-refractivity contribution in [2.45, 2.75) is 64.0 Å². The molecule has 2 amide bonds. The highest BCUT2D eigenvalue weighted by Crippen LogP contribution is 2.41. The Balaban J connectivity index is 1.51. The number of hydrogen-bond acceptors (Lipinski definition) is 3. The predicted molar refractivity (Wildman–Crippen MR) is 119 cm³/mol. The highest BCUT2D eigenvalue weighted by molar-refractivity contribution is 6.06. The van der Waals surface area contributed by atoms with E-state index in [2.05, 4.69) is 0 Å². The third-order valence-electron chi connectivity index (χ3n) is 7.18. The number of anilines is 1. The minimum absolute atomic E-state index is 0.00967. The van der Waals surface area contributed by atoms with Gasteiger partial charge in [-0.2, -0.15) is 0 Å². The van der Waals surface area contributed by atoms with Gasteiger partial charge >= 0.3 is 0 Å². The molecule has 1 saturated carbocycles. The maximum absolute atomic E-state index is 13.8. The van der Waals surface area contributed by atoms with E-state index in [0.29, 0.717) is 31.5 Å². The summed E-state index contributed by atoms with van der Waals surface area (Å²) in [6, 6.07) is 10.0. The summed E-state index contributed by atoms with van der Waals surface area (Å²) in [4.78, 5) is 44.2. The molecule has 1 aliphatic carbocycles. The first-order valence-electron chi connectivity index (χ1n) is 11.3. The zero-order chi connectivity index (χ0) is 21.8. The molecule has 1 aromatic carbocycles. The van der Waals surface area contributed by atoms with Gasteiger partial charge in [-0.15, -0.1) is 0 Å². The van der Waals surface area contributed by atoms with Crippen molar-refractivity contribution in [1.29, 1.82) is 0 Å². The number of carbonyl (C=O) groups excluding carboxylic acids is 2. The molecule has 162 valence electrons. The molecule has 1 unspecified atom stereocenters. The molecule has 5 rings (SSSR count). The summed E-state index contributed by atoms with van der Waals surface area (Å²) >= 11 is 0. The number of piperidine rings is 1. The van der Waals surface area contributed by atoms with E-state index >= 15 is 0 Å². The SMILES string of the molecule is Cc1ccc(N2CCCC3(CCCN3C(=O)c3c(C)ccn(C4CC4)c3=O)C2=O)cc1. The first kappa shape index (κ1) is 20.0.